The number of carbonyl (C=O) groups excluding carboxylic acids is 2. The van der Waals surface area contributed by atoms with Crippen LogP contribution in [-0.2, 0) is 36.1 Å². The molecule has 3 rings (SSSR count). The van der Waals surface area contributed by atoms with Gasteiger partial charge in [0.15, 0.2) is 16.6 Å². The lowest BCUT2D eigenvalue weighted by atomic mass is 9.84. The molecule has 1 saturated heterocycles. The molecule has 17 heteroatoms. The Kier molecular flexibility index (Phi) is 6.51. The molecule has 0 spiro atoms. The average molecular weight is 487 g/mol. The molecule has 1 aliphatic rings. The predicted molar refractivity (Wildman–Crippen MR) is 107 cm³/mol. The minimum absolute atomic E-state index is 0.00123. The van der Waals surface area contributed by atoms with Gasteiger partial charge in [0, 0.05) is 11.8 Å². The number of aliphatic carboxylic acids is 1. The minimum Gasteiger partial charge on any atom is -0.478 e. The number of nitrogens with zero attached hydrogens (tertiary/aromatic N) is 6. The number of ketones is 1. The number of rotatable bonds is 10. The van der Waals surface area contributed by atoms with E-state index in [9.17, 15) is 27.4 Å². The number of Topliss-reactive ketones (excluding diaryl/α,β-unsaturated/α-hetero) is 1. The average Bonchev–Trinajstić information content (AvgIpc) is 3.36. The number of carbonyl (C=O) groups is 3. The Bertz CT molecular complexity index is 1160. The van der Waals surface area contributed by atoms with Crippen LogP contribution in [0.2, 0.25) is 0 Å². The number of carboxylic acid groups (broad SMARTS) is 1. The van der Waals surface area contributed by atoms with Crippen molar-refractivity contribution in [1.82, 2.24) is 24.1 Å². The molecule has 0 aliphatic carbocycles. The van der Waals surface area contributed by atoms with E-state index in [2.05, 4.69) is 20.2 Å². The summed E-state index contributed by atoms with van der Waals surface area (Å²) in [5.41, 5.74) is 5.20. The molecular weight excluding hydrogens is 470 g/mol. The molecule has 32 heavy (non-hydrogen) atoms. The van der Waals surface area contributed by atoms with Crippen molar-refractivity contribution in [2.45, 2.75) is 32.0 Å². The molecule has 172 valence electrons. The summed E-state index contributed by atoms with van der Waals surface area (Å²) < 4.78 is 34.1. The van der Waals surface area contributed by atoms with E-state index < -0.39 is 52.4 Å². The first-order chi connectivity index (χ1) is 15.0. The standard InChI is InChI=1S/C15H17N7O8S2/c1-7(14(25)26)30-20-12(9-4-31-15(16)19-9)11(23)2-8-10(3-21-6-17-5-18-21)22(13(8)24)32(27,28)29/h4-8,10H,2-3H2,1H3,(H2,16,19)(H,25,26)(H,27,28,29)/b20-12-/t7-,8+,10-/m1/s1. The van der Waals surface area contributed by atoms with Crippen molar-refractivity contribution in [3.8, 4) is 0 Å². The van der Waals surface area contributed by atoms with Gasteiger partial charge in [-0.2, -0.15) is 13.5 Å². The number of carboxylic acids is 1. The number of thiazole rings is 1. The third-order valence-corrected chi connectivity index (χ3v) is 6.09. The van der Waals surface area contributed by atoms with Gasteiger partial charge in [0.25, 0.3) is 0 Å². The van der Waals surface area contributed by atoms with E-state index in [-0.39, 0.29) is 27.4 Å². The van der Waals surface area contributed by atoms with Gasteiger partial charge in [0.05, 0.1) is 18.5 Å². The molecule has 0 aromatic carbocycles. The fraction of sp³-hybridized carbons (Fsp3) is 0.400. The van der Waals surface area contributed by atoms with Crippen LogP contribution in [-0.4, -0.2) is 77.6 Å². The summed E-state index contributed by atoms with van der Waals surface area (Å²) in [6, 6.07) is -1.12. The van der Waals surface area contributed by atoms with Gasteiger partial charge in [-0.3, -0.25) is 18.8 Å². The lowest BCUT2D eigenvalue weighted by molar-refractivity contribution is -0.149. The van der Waals surface area contributed by atoms with Crippen LogP contribution in [0.5, 0.6) is 0 Å². The molecule has 3 atom stereocenters. The number of hydrogen-bond acceptors (Lipinski definition) is 12. The van der Waals surface area contributed by atoms with Crippen molar-refractivity contribution >= 4 is 50.1 Å². The van der Waals surface area contributed by atoms with E-state index in [4.69, 9.17) is 15.7 Å². The maximum absolute atomic E-state index is 12.9. The number of anilines is 1. The number of nitrogen functional groups attached to an aromatic ring is 1. The van der Waals surface area contributed by atoms with Crippen LogP contribution in [0.4, 0.5) is 5.13 Å². The molecular formula is C15H17N7O8S2. The molecule has 0 unspecified atom stereocenters. The summed E-state index contributed by atoms with van der Waals surface area (Å²) in [5, 5.41) is 17.9. The van der Waals surface area contributed by atoms with E-state index in [0.717, 1.165) is 11.3 Å². The number of aromatic nitrogens is 4. The molecule has 4 N–H and O–H groups in total. The molecule has 1 amide bonds. The summed E-state index contributed by atoms with van der Waals surface area (Å²) in [6.45, 7) is 1.03. The van der Waals surface area contributed by atoms with Crippen LogP contribution in [0.3, 0.4) is 0 Å². The second-order valence-corrected chi connectivity index (χ2v) is 8.81. The van der Waals surface area contributed by atoms with Crippen molar-refractivity contribution in [2.24, 2.45) is 11.1 Å². The van der Waals surface area contributed by atoms with Crippen molar-refractivity contribution in [2.75, 3.05) is 5.73 Å². The van der Waals surface area contributed by atoms with Crippen molar-refractivity contribution < 1.29 is 37.3 Å². The summed E-state index contributed by atoms with van der Waals surface area (Å²) in [5.74, 6) is -4.25. The Morgan fingerprint density at radius 2 is 2.16 bits per heavy atom. The topological polar surface area (TPSA) is 220 Å². The van der Waals surface area contributed by atoms with Crippen LogP contribution >= 0.6 is 11.3 Å². The zero-order valence-electron chi connectivity index (χ0n) is 16.3. The fourth-order valence-corrected chi connectivity index (χ4v) is 4.38. The highest BCUT2D eigenvalue weighted by Gasteiger charge is 2.54. The Morgan fingerprint density at radius 3 is 2.69 bits per heavy atom. The summed E-state index contributed by atoms with van der Waals surface area (Å²) in [4.78, 5) is 48.8. The van der Waals surface area contributed by atoms with Gasteiger partial charge < -0.3 is 15.7 Å². The lowest BCUT2D eigenvalue weighted by Crippen LogP contribution is -2.64. The van der Waals surface area contributed by atoms with E-state index in [1.54, 1.807) is 0 Å². The Labute approximate surface area is 184 Å². The molecule has 2 aromatic rings. The first kappa shape index (κ1) is 23.2. The second kappa shape index (κ2) is 8.97. The Balaban J connectivity index is 1.85. The predicted octanol–water partition coefficient (Wildman–Crippen LogP) is -1.20. The lowest BCUT2D eigenvalue weighted by Gasteiger charge is -2.43. The number of oxime groups is 1. The van der Waals surface area contributed by atoms with Gasteiger partial charge >= 0.3 is 16.3 Å². The molecule has 0 saturated carbocycles. The maximum atomic E-state index is 12.9. The molecule has 0 radical (unpaired) electrons. The van der Waals surface area contributed by atoms with Crippen molar-refractivity contribution in [3.63, 3.8) is 0 Å². The van der Waals surface area contributed by atoms with E-state index >= 15 is 0 Å². The quantitative estimate of drug-likeness (QED) is 0.156. The van der Waals surface area contributed by atoms with E-state index in [1.807, 2.05) is 0 Å². The number of nitrogens with two attached hydrogens (primary N) is 1. The van der Waals surface area contributed by atoms with Crippen LogP contribution in [0.25, 0.3) is 0 Å². The highest BCUT2D eigenvalue weighted by atomic mass is 32.2. The first-order valence-corrected chi connectivity index (χ1v) is 11.1. The fourth-order valence-electron chi connectivity index (χ4n) is 2.91. The van der Waals surface area contributed by atoms with Crippen LogP contribution in [0.15, 0.2) is 23.2 Å². The van der Waals surface area contributed by atoms with Crippen LogP contribution in [0.1, 0.15) is 19.0 Å². The SMILES string of the molecule is C[C@@H](O/N=C(\C(=O)C[C@@H]1C(=O)N(S(=O)(=O)O)[C@@H]1Cn1cncn1)c1csc(N)n1)C(=O)O. The highest BCUT2D eigenvalue weighted by Crippen LogP contribution is 2.33. The Morgan fingerprint density at radius 1 is 1.44 bits per heavy atom. The third kappa shape index (κ3) is 4.89. The molecule has 1 fully saturated rings. The van der Waals surface area contributed by atoms with Gasteiger partial charge in [0.2, 0.25) is 12.0 Å². The number of hydrogen-bond donors (Lipinski definition) is 3. The first-order valence-electron chi connectivity index (χ1n) is 8.83. The maximum Gasteiger partial charge on any atom is 0.362 e. The zero-order chi connectivity index (χ0) is 23.6. The minimum atomic E-state index is -4.87. The number of amides is 1. The largest absolute Gasteiger partial charge is 0.478 e. The van der Waals surface area contributed by atoms with Gasteiger partial charge in [-0.1, -0.05) is 5.16 Å². The van der Waals surface area contributed by atoms with Gasteiger partial charge in [-0.15, -0.1) is 11.3 Å². The van der Waals surface area contributed by atoms with Gasteiger partial charge in [-0.05, 0) is 6.92 Å². The van der Waals surface area contributed by atoms with Gasteiger partial charge in [-0.25, -0.2) is 19.1 Å². The number of β-lactam (4-membered cyclic amide) rings is 1. The van der Waals surface area contributed by atoms with Crippen LogP contribution in [0, 0.1) is 5.92 Å². The molecule has 15 nitrogen and oxygen atoms in total. The second-order valence-electron chi connectivity index (χ2n) is 6.63. The third-order valence-electron chi connectivity index (χ3n) is 4.47. The van der Waals surface area contributed by atoms with Gasteiger partial charge in [0.1, 0.15) is 18.3 Å². The summed E-state index contributed by atoms with van der Waals surface area (Å²) in [7, 11) is -4.87. The Hall–Kier alpha value is -3.44. The van der Waals surface area contributed by atoms with E-state index in [1.165, 1.54) is 29.6 Å². The van der Waals surface area contributed by atoms with Crippen LogP contribution < -0.4 is 5.73 Å². The molecule has 2 aromatic heterocycles. The normalized spacial score (nSPS) is 20.0. The van der Waals surface area contributed by atoms with Crippen molar-refractivity contribution in [3.05, 3.63) is 23.7 Å². The molecule has 1 aliphatic heterocycles. The van der Waals surface area contributed by atoms with E-state index in [0.29, 0.717) is 0 Å². The van der Waals surface area contributed by atoms with Crippen molar-refractivity contribution in [1.29, 1.82) is 0 Å². The summed E-state index contributed by atoms with van der Waals surface area (Å²) in [6.07, 6.45) is 0.562. The zero-order valence-corrected chi connectivity index (χ0v) is 17.9. The molecule has 0 bridgehead atoms. The highest BCUT2D eigenvalue weighted by molar-refractivity contribution is 7.84. The monoisotopic (exact) mass is 487 g/mol. The summed E-state index contributed by atoms with van der Waals surface area (Å²) >= 11 is 0.993. The smallest absolute Gasteiger partial charge is 0.362 e. The molecule has 3 heterocycles.